The number of hydrogen-bond donors (Lipinski definition) is 1. The molecule has 2 aliphatic heterocycles. The lowest BCUT2D eigenvalue weighted by Crippen LogP contribution is -2.46. The first-order chi connectivity index (χ1) is 13.0. The van der Waals surface area contributed by atoms with Crippen LogP contribution in [-0.2, 0) is 19.6 Å². The number of nitrogens with one attached hydrogen (secondary N) is 1. The summed E-state index contributed by atoms with van der Waals surface area (Å²) < 4.78 is 38.2. The summed E-state index contributed by atoms with van der Waals surface area (Å²) in [6.45, 7) is 4.31. The zero-order valence-corrected chi connectivity index (χ0v) is 16.5. The predicted molar refractivity (Wildman–Crippen MR) is 101 cm³/mol. The number of amides is 1. The molecule has 1 N–H and O–H groups in total. The van der Waals surface area contributed by atoms with Gasteiger partial charge in [0.2, 0.25) is 15.9 Å². The monoisotopic (exact) mass is 396 g/mol. The normalized spacial score (nSPS) is 23.9. The minimum absolute atomic E-state index is 0.0845. The van der Waals surface area contributed by atoms with Crippen molar-refractivity contribution in [3.8, 4) is 5.75 Å². The van der Waals surface area contributed by atoms with Crippen molar-refractivity contribution in [3.05, 3.63) is 24.3 Å². The molecule has 1 aromatic rings. The Labute approximate surface area is 161 Å². The van der Waals surface area contributed by atoms with Crippen molar-refractivity contribution >= 4 is 15.9 Å². The van der Waals surface area contributed by atoms with E-state index in [0.29, 0.717) is 38.3 Å². The van der Waals surface area contributed by atoms with E-state index in [1.807, 2.05) is 6.92 Å². The molecule has 2 atom stereocenters. The molecule has 1 amide bonds. The fourth-order valence-electron chi connectivity index (χ4n) is 3.56. The molecule has 2 fully saturated rings. The van der Waals surface area contributed by atoms with Crippen molar-refractivity contribution in [1.29, 1.82) is 0 Å². The number of hydrogen-bond acceptors (Lipinski definition) is 5. The van der Waals surface area contributed by atoms with Crippen LogP contribution in [-0.4, -0.2) is 57.6 Å². The van der Waals surface area contributed by atoms with Gasteiger partial charge in [-0.3, -0.25) is 4.79 Å². The third-order valence-electron chi connectivity index (χ3n) is 5.06. The molecule has 2 heterocycles. The van der Waals surface area contributed by atoms with E-state index in [1.54, 1.807) is 24.3 Å². The maximum absolute atomic E-state index is 12.9. The molecule has 150 valence electrons. The van der Waals surface area contributed by atoms with Crippen LogP contribution in [0, 0.1) is 5.92 Å². The summed E-state index contributed by atoms with van der Waals surface area (Å²) in [5, 5.41) is 2.93. The maximum atomic E-state index is 12.9. The Balaban J connectivity index is 1.60. The first-order valence-electron chi connectivity index (χ1n) is 9.63. The Morgan fingerprint density at radius 1 is 1.26 bits per heavy atom. The third-order valence-corrected chi connectivity index (χ3v) is 6.93. The van der Waals surface area contributed by atoms with Gasteiger partial charge in [-0.05, 0) is 56.9 Å². The Morgan fingerprint density at radius 2 is 2.04 bits per heavy atom. The molecule has 2 saturated heterocycles. The molecule has 0 unspecified atom stereocenters. The summed E-state index contributed by atoms with van der Waals surface area (Å²) in [6.07, 6.45) is 3.45. The fraction of sp³-hybridized carbons (Fsp3) is 0.632. The quantitative estimate of drug-likeness (QED) is 0.759. The van der Waals surface area contributed by atoms with Gasteiger partial charge in [0.05, 0.1) is 23.5 Å². The van der Waals surface area contributed by atoms with Gasteiger partial charge in [-0.2, -0.15) is 4.31 Å². The second-order valence-corrected chi connectivity index (χ2v) is 8.92. The van der Waals surface area contributed by atoms with Gasteiger partial charge in [-0.25, -0.2) is 8.42 Å². The molecule has 0 aromatic heterocycles. The second kappa shape index (κ2) is 9.03. The van der Waals surface area contributed by atoms with Gasteiger partial charge in [0, 0.05) is 26.2 Å². The summed E-state index contributed by atoms with van der Waals surface area (Å²) >= 11 is 0. The molecule has 7 nitrogen and oxygen atoms in total. The zero-order chi connectivity index (χ0) is 19.3. The summed E-state index contributed by atoms with van der Waals surface area (Å²) in [4.78, 5) is 12.7. The van der Waals surface area contributed by atoms with Gasteiger partial charge >= 0.3 is 0 Å². The zero-order valence-electron chi connectivity index (χ0n) is 15.7. The van der Waals surface area contributed by atoms with E-state index < -0.39 is 10.0 Å². The first-order valence-corrected chi connectivity index (χ1v) is 11.1. The maximum Gasteiger partial charge on any atom is 0.243 e. The summed E-state index contributed by atoms with van der Waals surface area (Å²) in [5.41, 5.74) is 0. The van der Waals surface area contributed by atoms with Crippen LogP contribution < -0.4 is 10.1 Å². The van der Waals surface area contributed by atoms with E-state index in [0.717, 1.165) is 19.4 Å². The van der Waals surface area contributed by atoms with Crippen molar-refractivity contribution in [2.45, 2.75) is 43.6 Å². The Morgan fingerprint density at radius 3 is 2.70 bits per heavy atom. The summed E-state index contributed by atoms with van der Waals surface area (Å²) in [5.74, 6) is 0.233. The highest BCUT2D eigenvalue weighted by molar-refractivity contribution is 7.89. The highest BCUT2D eigenvalue weighted by Crippen LogP contribution is 2.25. The van der Waals surface area contributed by atoms with Gasteiger partial charge in [0.25, 0.3) is 0 Å². The van der Waals surface area contributed by atoms with Crippen LogP contribution in [0.5, 0.6) is 5.75 Å². The molecule has 0 aliphatic carbocycles. The average molecular weight is 397 g/mol. The van der Waals surface area contributed by atoms with E-state index in [-0.39, 0.29) is 29.4 Å². The second-order valence-electron chi connectivity index (χ2n) is 6.99. The SMILES string of the molecule is CCOc1ccc(S(=O)(=O)N2CCC[C@H](C(=O)NC[C@@H]3CCCO3)C2)cc1. The van der Waals surface area contributed by atoms with Crippen molar-refractivity contribution < 1.29 is 22.7 Å². The van der Waals surface area contributed by atoms with E-state index in [2.05, 4.69) is 5.32 Å². The minimum atomic E-state index is -3.62. The van der Waals surface area contributed by atoms with Crippen LogP contribution in [0.2, 0.25) is 0 Å². The van der Waals surface area contributed by atoms with Crippen molar-refractivity contribution in [2.75, 3.05) is 32.8 Å². The van der Waals surface area contributed by atoms with Gasteiger partial charge in [-0.1, -0.05) is 0 Å². The molecule has 0 radical (unpaired) electrons. The lowest BCUT2D eigenvalue weighted by molar-refractivity contribution is -0.126. The van der Waals surface area contributed by atoms with Crippen molar-refractivity contribution in [2.24, 2.45) is 5.92 Å². The summed E-state index contributed by atoms with van der Waals surface area (Å²) in [6, 6.07) is 6.43. The van der Waals surface area contributed by atoms with E-state index in [1.165, 1.54) is 4.31 Å². The standard InChI is InChI=1S/C19H28N2O5S/c1-2-25-16-7-9-18(10-8-16)27(23,24)21-11-3-5-15(14-21)19(22)20-13-17-6-4-12-26-17/h7-10,15,17H,2-6,11-14H2,1H3,(H,20,22)/t15-,17-/m0/s1. The van der Waals surface area contributed by atoms with Crippen LogP contribution >= 0.6 is 0 Å². The number of benzene rings is 1. The number of rotatable bonds is 7. The van der Waals surface area contributed by atoms with E-state index in [4.69, 9.17) is 9.47 Å². The lowest BCUT2D eigenvalue weighted by Gasteiger charge is -2.31. The van der Waals surface area contributed by atoms with Crippen molar-refractivity contribution in [1.82, 2.24) is 9.62 Å². The van der Waals surface area contributed by atoms with Crippen LogP contribution in [0.25, 0.3) is 0 Å². The molecule has 3 rings (SSSR count). The van der Waals surface area contributed by atoms with Gasteiger partial charge in [0.15, 0.2) is 0 Å². The van der Waals surface area contributed by atoms with Crippen LogP contribution in [0.1, 0.15) is 32.6 Å². The molecular weight excluding hydrogens is 368 g/mol. The highest BCUT2D eigenvalue weighted by Gasteiger charge is 2.33. The Hall–Kier alpha value is -1.64. The molecule has 0 spiro atoms. The molecule has 8 heteroatoms. The molecule has 27 heavy (non-hydrogen) atoms. The van der Waals surface area contributed by atoms with Crippen LogP contribution in [0.3, 0.4) is 0 Å². The number of ether oxygens (including phenoxy) is 2. The third kappa shape index (κ3) is 5.00. The average Bonchev–Trinajstić information content (AvgIpc) is 3.20. The number of nitrogens with zero attached hydrogens (tertiary/aromatic N) is 1. The topological polar surface area (TPSA) is 84.9 Å². The van der Waals surface area contributed by atoms with Gasteiger partial charge in [0.1, 0.15) is 5.75 Å². The lowest BCUT2D eigenvalue weighted by atomic mass is 9.99. The fourth-order valence-corrected chi connectivity index (χ4v) is 5.09. The Bertz CT molecular complexity index is 729. The van der Waals surface area contributed by atoms with E-state index in [9.17, 15) is 13.2 Å². The minimum Gasteiger partial charge on any atom is -0.494 e. The molecule has 2 aliphatic rings. The number of carbonyl (C=O) groups is 1. The molecule has 0 saturated carbocycles. The highest BCUT2D eigenvalue weighted by atomic mass is 32.2. The Kier molecular flexibility index (Phi) is 6.73. The number of sulfonamides is 1. The number of carbonyl (C=O) groups excluding carboxylic acids is 1. The van der Waals surface area contributed by atoms with E-state index >= 15 is 0 Å². The summed E-state index contributed by atoms with van der Waals surface area (Å²) in [7, 11) is -3.62. The largest absolute Gasteiger partial charge is 0.494 e. The van der Waals surface area contributed by atoms with Gasteiger partial charge < -0.3 is 14.8 Å². The number of piperidine rings is 1. The first kappa shape index (κ1) is 20.1. The molecular formula is C19H28N2O5S. The molecule has 1 aromatic carbocycles. The van der Waals surface area contributed by atoms with Crippen LogP contribution in [0.15, 0.2) is 29.2 Å². The smallest absolute Gasteiger partial charge is 0.243 e. The van der Waals surface area contributed by atoms with Crippen LogP contribution in [0.4, 0.5) is 0 Å². The molecule has 0 bridgehead atoms. The van der Waals surface area contributed by atoms with Crippen molar-refractivity contribution in [3.63, 3.8) is 0 Å². The predicted octanol–water partition coefficient (Wildman–Crippen LogP) is 1.78. The van der Waals surface area contributed by atoms with Gasteiger partial charge in [-0.15, -0.1) is 0 Å².